The minimum Gasteiger partial charge on any atom is -0.459 e. The first-order valence-corrected chi connectivity index (χ1v) is 8.41. The van der Waals surface area contributed by atoms with Gasteiger partial charge in [-0.25, -0.2) is 18.0 Å². The molecule has 0 atom stereocenters. The van der Waals surface area contributed by atoms with Crippen LogP contribution in [-0.2, 0) is 9.53 Å². The number of ether oxygens (including phenoxy) is 1. The Morgan fingerprint density at radius 2 is 1.63 bits per heavy atom. The van der Waals surface area contributed by atoms with Crippen LogP contribution < -0.4 is 10.6 Å². The van der Waals surface area contributed by atoms with Crippen LogP contribution in [0, 0.1) is 17.5 Å². The van der Waals surface area contributed by atoms with E-state index in [0.29, 0.717) is 6.07 Å². The van der Waals surface area contributed by atoms with Crippen molar-refractivity contribution in [2.45, 2.75) is 0 Å². The maximum atomic E-state index is 13.6. The minimum atomic E-state index is -1.74. The number of para-hydroxylation sites is 1. The molecule has 3 rings (SSSR count). The van der Waals surface area contributed by atoms with Crippen LogP contribution in [-0.4, -0.2) is 24.4 Å². The molecule has 2 amide bonds. The molecule has 0 saturated heterocycles. The van der Waals surface area contributed by atoms with E-state index in [0.717, 1.165) is 6.07 Å². The molecule has 0 radical (unpaired) electrons. The molecule has 1 aromatic heterocycles. The zero-order valence-corrected chi connectivity index (χ0v) is 15.1. The van der Waals surface area contributed by atoms with Crippen molar-refractivity contribution >= 4 is 29.2 Å². The number of hydrogen-bond donors (Lipinski definition) is 2. The van der Waals surface area contributed by atoms with Gasteiger partial charge in [0.05, 0.1) is 23.2 Å². The lowest BCUT2D eigenvalue weighted by atomic mass is 10.1. The van der Waals surface area contributed by atoms with Crippen molar-refractivity contribution in [2.75, 3.05) is 17.2 Å². The van der Waals surface area contributed by atoms with Crippen LogP contribution in [0.2, 0.25) is 0 Å². The minimum absolute atomic E-state index is 0.0195. The highest BCUT2D eigenvalue weighted by atomic mass is 19.2. The number of nitrogens with one attached hydrogen (secondary N) is 2. The average Bonchev–Trinajstić information content (AvgIpc) is 3.28. The van der Waals surface area contributed by atoms with E-state index >= 15 is 0 Å². The standard InChI is InChI=1S/C20H13F3N2O5/c21-12-7-8-14(18(23)17(12)22)24-16(26)10-30-20(28)11-4-1-2-5-13(11)25-19(27)15-6-3-9-29-15/h1-9H,10H2,(H,24,26)(H,25,27). The van der Waals surface area contributed by atoms with E-state index in [1.807, 2.05) is 5.32 Å². The number of benzene rings is 2. The number of esters is 1. The number of halogens is 3. The summed E-state index contributed by atoms with van der Waals surface area (Å²) in [6.45, 7) is -0.836. The topological polar surface area (TPSA) is 97.6 Å². The molecular formula is C20H13F3N2O5. The SMILES string of the molecule is O=C(COC(=O)c1ccccc1NC(=O)c1ccco1)Nc1ccc(F)c(F)c1F. The number of carbonyl (C=O) groups is 3. The molecule has 7 nitrogen and oxygen atoms in total. The van der Waals surface area contributed by atoms with Gasteiger partial charge in [-0.15, -0.1) is 0 Å². The lowest BCUT2D eigenvalue weighted by molar-refractivity contribution is -0.119. The molecule has 154 valence electrons. The fourth-order valence-electron chi connectivity index (χ4n) is 2.38. The predicted octanol–water partition coefficient (Wildman–Crippen LogP) is 3.74. The highest BCUT2D eigenvalue weighted by Gasteiger charge is 2.19. The second-order valence-corrected chi connectivity index (χ2v) is 5.82. The molecule has 0 bridgehead atoms. The lowest BCUT2D eigenvalue weighted by Gasteiger charge is -2.11. The summed E-state index contributed by atoms with van der Waals surface area (Å²) in [7, 11) is 0. The zero-order chi connectivity index (χ0) is 21.7. The molecule has 0 aliphatic rings. The second-order valence-electron chi connectivity index (χ2n) is 5.82. The summed E-state index contributed by atoms with van der Waals surface area (Å²) >= 11 is 0. The van der Waals surface area contributed by atoms with Gasteiger partial charge in [0.15, 0.2) is 29.8 Å². The van der Waals surface area contributed by atoms with Gasteiger partial charge < -0.3 is 19.8 Å². The van der Waals surface area contributed by atoms with Crippen molar-refractivity contribution in [2.24, 2.45) is 0 Å². The molecule has 0 aliphatic carbocycles. The van der Waals surface area contributed by atoms with Gasteiger partial charge in [0.2, 0.25) is 0 Å². The van der Waals surface area contributed by atoms with E-state index in [1.165, 1.54) is 36.6 Å². The quantitative estimate of drug-likeness (QED) is 0.470. The van der Waals surface area contributed by atoms with Crippen LogP contribution in [0.25, 0.3) is 0 Å². The smallest absolute Gasteiger partial charge is 0.340 e. The first-order valence-electron chi connectivity index (χ1n) is 8.41. The second kappa shape index (κ2) is 8.95. The van der Waals surface area contributed by atoms with Crippen molar-refractivity contribution in [3.05, 3.63) is 83.6 Å². The molecule has 0 saturated carbocycles. The Labute approximate surface area is 167 Å². The average molecular weight is 418 g/mol. The van der Waals surface area contributed by atoms with Gasteiger partial charge in [-0.05, 0) is 36.4 Å². The molecule has 3 aromatic rings. The molecule has 0 unspecified atom stereocenters. The van der Waals surface area contributed by atoms with Gasteiger partial charge in [-0.2, -0.15) is 0 Å². The Balaban J connectivity index is 1.63. The first-order chi connectivity index (χ1) is 14.4. The van der Waals surface area contributed by atoms with E-state index in [9.17, 15) is 27.6 Å². The zero-order valence-electron chi connectivity index (χ0n) is 15.1. The van der Waals surface area contributed by atoms with Gasteiger partial charge in [0.25, 0.3) is 11.8 Å². The van der Waals surface area contributed by atoms with Crippen molar-refractivity contribution in [3.8, 4) is 0 Å². The molecule has 0 spiro atoms. The molecule has 0 fully saturated rings. The summed E-state index contributed by atoms with van der Waals surface area (Å²) in [6.07, 6.45) is 1.31. The number of rotatable bonds is 6. The van der Waals surface area contributed by atoms with Crippen LogP contribution in [0.1, 0.15) is 20.9 Å². The van der Waals surface area contributed by atoms with E-state index in [1.54, 1.807) is 6.07 Å². The Bertz CT molecular complexity index is 1100. The fourth-order valence-corrected chi connectivity index (χ4v) is 2.38. The summed E-state index contributed by atoms with van der Waals surface area (Å²) < 4.78 is 49.5. The van der Waals surface area contributed by atoms with Gasteiger partial charge in [0.1, 0.15) is 0 Å². The Morgan fingerprint density at radius 1 is 0.867 bits per heavy atom. The monoisotopic (exact) mass is 418 g/mol. The van der Waals surface area contributed by atoms with Gasteiger partial charge >= 0.3 is 5.97 Å². The van der Waals surface area contributed by atoms with Crippen LogP contribution in [0.5, 0.6) is 0 Å². The highest BCUT2D eigenvalue weighted by molar-refractivity contribution is 6.07. The molecule has 10 heteroatoms. The molecule has 0 aliphatic heterocycles. The summed E-state index contributed by atoms with van der Waals surface area (Å²) in [5, 5.41) is 4.45. The fraction of sp³-hybridized carbons (Fsp3) is 0.0500. The van der Waals surface area contributed by atoms with Crippen molar-refractivity contribution in [1.82, 2.24) is 0 Å². The normalized spacial score (nSPS) is 10.4. The number of anilines is 2. The third-order valence-corrected chi connectivity index (χ3v) is 3.78. The summed E-state index contributed by atoms with van der Waals surface area (Å²) in [5.41, 5.74) is -0.554. The number of hydrogen-bond acceptors (Lipinski definition) is 5. The largest absolute Gasteiger partial charge is 0.459 e. The van der Waals surface area contributed by atoms with Crippen LogP contribution >= 0.6 is 0 Å². The molecule has 30 heavy (non-hydrogen) atoms. The molecule has 1 heterocycles. The molecule has 2 N–H and O–H groups in total. The summed E-state index contributed by atoms with van der Waals surface area (Å²) in [6, 6.07) is 10.3. The number of carbonyl (C=O) groups excluding carboxylic acids is 3. The van der Waals surface area contributed by atoms with Gasteiger partial charge in [0, 0.05) is 0 Å². The van der Waals surface area contributed by atoms with Crippen LogP contribution in [0.3, 0.4) is 0 Å². The predicted molar refractivity (Wildman–Crippen MR) is 98.3 cm³/mol. The van der Waals surface area contributed by atoms with Crippen LogP contribution in [0.4, 0.5) is 24.5 Å². The third-order valence-electron chi connectivity index (χ3n) is 3.78. The first kappa shape index (κ1) is 20.6. The van der Waals surface area contributed by atoms with Crippen LogP contribution in [0.15, 0.2) is 59.2 Å². The van der Waals surface area contributed by atoms with E-state index < -0.39 is 47.5 Å². The Kier molecular flexibility index (Phi) is 6.16. The van der Waals surface area contributed by atoms with Crippen molar-refractivity contribution in [1.29, 1.82) is 0 Å². The summed E-state index contributed by atoms with van der Waals surface area (Å²) in [4.78, 5) is 36.2. The van der Waals surface area contributed by atoms with E-state index in [4.69, 9.17) is 9.15 Å². The van der Waals surface area contributed by atoms with Crippen molar-refractivity contribution < 1.29 is 36.7 Å². The van der Waals surface area contributed by atoms with Gasteiger partial charge in [-0.1, -0.05) is 12.1 Å². The lowest BCUT2D eigenvalue weighted by Crippen LogP contribution is -2.22. The highest BCUT2D eigenvalue weighted by Crippen LogP contribution is 2.20. The Hall–Kier alpha value is -4.08. The maximum Gasteiger partial charge on any atom is 0.340 e. The number of furan rings is 1. The van der Waals surface area contributed by atoms with E-state index in [-0.39, 0.29) is 17.0 Å². The Morgan fingerprint density at radius 3 is 2.37 bits per heavy atom. The molecule has 2 aromatic carbocycles. The van der Waals surface area contributed by atoms with Crippen molar-refractivity contribution in [3.63, 3.8) is 0 Å². The molecular weight excluding hydrogens is 405 g/mol. The summed E-state index contributed by atoms with van der Waals surface area (Å²) in [5.74, 6) is -7.26. The third kappa shape index (κ3) is 4.66. The maximum absolute atomic E-state index is 13.6. The van der Waals surface area contributed by atoms with Gasteiger partial charge in [-0.3, -0.25) is 9.59 Å². The number of amides is 2. The van der Waals surface area contributed by atoms with E-state index in [2.05, 4.69) is 5.32 Å².